The Kier molecular flexibility index (Phi) is 7.81. The van der Waals surface area contributed by atoms with Gasteiger partial charge in [-0.25, -0.2) is 0 Å². The van der Waals surface area contributed by atoms with E-state index < -0.39 is 0 Å². The Hall–Kier alpha value is -5.99. The third-order valence-electron chi connectivity index (χ3n) is 10.2. The number of carbonyl (C=O) groups is 1. The van der Waals surface area contributed by atoms with Crippen molar-refractivity contribution in [1.29, 1.82) is 0 Å². The van der Waals surface area contributed by atoms with Gasteiger partial charge in [0.05, 0.1) is 0 Å². The van der Waals surface area contributed by atoms with Gasteiger partial charge in [0, 0.05) is 33.6 Å². The fraction of sp³-hybridized carbons (Fsp3) is 0.104. The second kappa shape index (κ2) is 12.5. The van der Waals surface area contributed by atoms with E-state index in [1.165, 1.54) is 33.4 Å². The normalized spacial score (nSPS) is 13.0. The van der Waals surface area contributed by atoms with E-state index in [0.717, 1.165) is 50.4 Å². The molecule has 0 aliphatic heterocycles. The Morgan fingerprint density at radius 3 is 1.60 bits per heavy atom. The third-order valence-corrected chi connectivity index (χ3v) is 10.2. The fourth-order valence-electron chi connectivity index (χ4n) is 7.81. The highest BCUT2D eigenvalue weighted by atomic mass is 16.1. The quantitative estimate of drug-likeness (QED) is 0.186. The summed E-state index contributed by atoms with van der Waals surface area (Å²) in [5.41, 5.74) is 16.5. The van der Waals surface area contributed by atoms with Gasteiger partial charge < -0.3 is 4.90 Å². The highest BCUT2D eigenvalue weighted by molar-refractivity contribution is 6.24. The summed E-state index contributed by atoms with van der Waals surface area (Å²) in [5, 5.41) is 0. The summed E-state index contributed by atoms with van der Waals surface area (Å²) in [7, 11) is 0. The van der Waals surface area contributed by atoms with Crippen LogP contribution in [0.2, 0.25) is 0 Å². The first-order valence-corrected chi connectivity index (χ1v) is 17.6. The van der Waals surface area contributed by atoms with Crippen molar-refractivity contribution in [3.63, 3.8) is 0 Å². The van der Waals surface area contributed by atoms with Gasteiger partial charge in [0.2, 0.25) is 0 Å². The SMILES string of the molecule is CC.CC1(C)c2ccccc2-c2ccc(N(c3ccc(-c4ccccc4)cc3)c3ccc(-c4cccc5c4C(=O)c4ccccc4-5)cc3)cc21. The number of ketones is 1. The van der Waals surface area contributed by atoms with Crippen molar-refractivity contribution in [2.45, 2.75) is 33.1 Å². The molecule has 0 amide bonds. The van der Waals surface area contributed by atoms with Crippen molar-refractivity contribution >= 4 is 22.8 Å². The van der Waals surface area contributed by atoms with Crippen LogP contribution < -0.4 is 4.90 Å². The molecule has 0 saturated carbocycles. The van der Waals surface area contributed by atoms with E-state index in [-0.39, 0.29) is 11.2 Å². The van der Waals surface area contributed by atoms with Crippen LogP contribution in [0.5, 0.6) is 0 Å². The van der Waals surface area contributed by atoms with E-state index in [1.54, 1.807) is 0 Å². The summed E-state index contributed by atoms with van der Waals surface area (Å²) in [4.78, 5) is 15.9. The Labute approximate surface area is 295 Å². The predicted molar refractivity (Wildman–Crippen MR) is 210 cm³/mol. The average molecular weight is 646 g/mol. The summed E-state index contributed by atoms with van der Waals surface area (Å²) in [6.45, 7) is 8.65. The van der Waals surface area contributed by atoms with Gasteiger partial charge in [-0.1, -0.05) is 155 Å². The third kappa shape index (κ3) is 4.99. The Morgan fingerprint density at radius 1 is 0.400 bits per heavy atom. The largest absolute Gasteiger partial charge is 0.310 e. The molecule has 242 valence electrons. The molecular formula is C48H39NO. The van der Waals surface area contributed by atoms with E-state index >= 15 is 0 Å². The van der Waals surface area contributed by atoms with Crippen LogP contribution in [0, 0.1) is 0 Å². The molecule has 9 rings (SSSR count). The van der Waals surface area contributed by atoms with E-state index in [0.29, 0.717) is 0 Å². The summed E-state index contributed by atoms with van der Waals surface area (Å²) in [6, 6.07) is 57.8. The molecule has 0 N–H and O–H groups in total. The Bertz CT molecular complexity index is 2370. The van der Waals surface area contributed by atoms with Crippen LogP contribution >= 0.6 is 0 Å². The van der Waals surface area contributed by atoms with Gasteiger partial charge in [0.15, 0.2) is 5.78 Å². The second-order valence-electron chi connectivity index (χ2n) is 13.3. The number of nitrogens with zero attached hydrogens (tertiary/aromatic N) is 1. The average Bonchev–Trinajstić information content (AvgIpc) is 3.60. The molecule has 0 spiro atoms. The molecule has 0 heterocycles. The molecule has 2 nitrogen and oxygen atoms in total. The molecule has 2 aliphatic carbocycles. The summed E-state index contributed by atoms with van der Waals surface area (Å²) < 4.78 is 0. The molecule has 0 radical (unpaired) electrons. The lowest BCUT2D eigenvalue weighted by atomic mass is 9.82. The highest BCUT2D eigenvalue weighted by Gasteiger charge is 2.36. The fourth-order valence-corrected chi connectivity index (χ4v) is 7.81. The zero-order chi connectivity index (χ0) is 34.4. The van der Waals surface area contributed by atoms with Crippen LogP contribution in [0.4, 0.5) is 17.1 Å². The van der Waals surface area contributed by atoms with E-state index in [4.69, 9.17) is 0 Å². The summed E-state index contributed by atoms with van der Waals surface area (Å²) in [5.74, 6) is 0.0992. The van der Waals surface area contributed by atoms with Crippen molar-refractivity contribution in [2.24, 2.45) is 0 Å². The summed E-state index contributed by atoms with van der Waals surface area (Å²) in [6.07, 6.45) is 0. The van der Waals surface area contributed by atoms with Gasteiger partial charge in [-0.05, 0) is 92.0 Å². The van der Waals surface area contributed by atoms with Gasteiger partial charge in [-0.2, -0.15) is 0 Å². The number of carbonyl (C=O) groups excluding carboxylic acids is 1. The van der Waals surface area contributed by atoms with E-state index in [9.17, 15) is 4.79 Å². The molecule has 0 fully saturated rings. The zero-order valence-electron chi connectivity index (χ0n) is 28.9. The first kappa shape index (κ1) is 31.3. The van der Waals surface area contributed by atoms with Crippen LogP contribution in [0.1, 0.15) is 54.7 Å². The molecule has 0 aromatic heterocycles. The van der Waals surface area contributed by atoms with Crippen molar-refractivity contribution in [3.8, 4) is 44.5 Å². The topological polar surface area (TPSA) is 20.3 Å². The molecule has 50 heavy (non-hydrogen) atoms. The zero-order valence-corrected chi connectivity index (χ0v) is 28.9. The van der Waals surface area contributed by atoms with Crippen LogP contribution in [-0.4, -0.2) is 5.78 Å². The molecule has 7 aromatic carbocycles. The van der Waals surface area contributed by atoms with Gasteiger partial charge in [-0.3, -0.25) is 4.79 Å². The van der Waals surface area contributed by atoms with Crippen molar-refractivity contribution in [1.82, 2.24) is 0 Å². The van der Waals surface area contributed by atoms with Crippen LogP contribution in [0.25, 0.3) is 44.5 Å². The molecular weight excluding hydrogens is 607 g/mol. The first-order chi connectivity index (χ1) is 24.5. The van der Waals surface area contributed by atoms with Crippen molar-refractivity contribution < 1.29 is 4.79 Å². The van der Waals surface area contributed by atoms with Gasteiger partial charge in [-0.15, -0.1) is 0 Å². The molecule has 2 heteroatoms. The summed E-state index contributed by atoms with van der Waals surface area (Å²) >= 11 is 0. The second-order valence-corrected chi connectivity index (χ2v) is 13.3. The number of benzene rings is 7. The van der Waals surface area contributed by atoms with E-state index in [1.807, 2.05) is 38.1 Å². The molecule has 2 aliphatic rings. The lowest BCUT2D eigenvalue weighted by molar-refractivity contribution is 0.104. The molecule has 0 bridgehead atoms. The highest BCUT2D eigenvalue weighted by Crippen LogP contribution is 2.51. The van der Waals surface area contributed by atoms with Crippen LogP contribution in [0.3, 0.4) is 0 Å². The predicted octanol–water partition coefficient (Wildman–Crippen LogP) is 13.0. The van der Waals surface area contributed by atoms with Crippen LogP contribution in [0.15, 0.2) is 164 Å². The maximum absolute atomic E-state index is 13.6. The Balaban J connectivity index is 0.00000177. The minimum absolute atomic E-state index is 0.0992. The first-order valence-electron chi connectivity index (χ1n) is 17.6. The monoisotopic (exact) mass is 645 g/mol. The minimum atomic E-state index is -0.105. The number of rotatable bonds is 5. The molecule has 0 saturated heterocycles. The standard InChI is InChI=1S/C46H33NO.C2H6/c1-46(2)42-18-9-8-14-38(42)39-28-27-35(29-43(39)46)47(33-23-19-31(20-24-33)30-11-4-3-5-12-30)34-25-21-32(22-26-34)36-16-10-17-40-37-13-6-7-15-41(37)45(48)44(36)40;1-2/h3-29H,1-2H3;1-2H3. The number of fused-ring (bicyclic) bond motifs is 6. The lowest BCUT2D eigenvalue weighted by Gasteiger charge is -2.28. The maximum Gasteiger partial charge on any atom is 0.194 e. The van der Waals surface area contributed by atoms with Gasteiger partial charge in [0.25, 0.3) is 0 Å². The van der Waals surface area contributed by atoms with E-state index in [2.05, 4.69) is 158 Å². The van der Waals surface area contributed by atoms with Gasteiger partial charge >= 0.3 is 0 Å². The molecule has 0 atom stereocenters. The molecule has 0 unspecified atom stereocenters. The molecule has 7 aromatic rings. The smallest absolute Gasteiger partial charge is 0.194 e. The Morgan fingerprint density at radius 2 is 0.900 bits per heavy atom. The maximum atomic E-state index is 13.6. The van der Waals surface area contributed by atoms with Crippen molar-refractivity contribution in [3.05, 3.63) is 186 Å². The van der Waals surface area contributed by atoms with Crippen molar-refractivity contribution in [2.75, 3.05) is 4.90 Å². The lowest BCUT2D eigenvalue weighted by Crippen LogP contribution is -2.16. The van der Waals surface area contributed by atoms with Crippen LogP contribution in [-0.2, 0) is 5.41 Å². The van der Waals surface area contributed by atoms with Gasteiger partial charge in [0.1, 0.15) is 0 Å². The number of anilines is 3. The number of hydrogen-bond donors (Lipinski definition) is 0. The number of hydrogen-bond acceptors (Lipinski definition) is 2. The minimum Gasteiger partial charge on any atom is -0.310 e.